The number of ether oxygens (including phenoxy) is 1. The van der Waals surface area contributed by atoms with E-state index >= 15 is 0 Å². The van der Waals surface area contributed by atoms with Gasteiger partial charge in [-0.2, -0.15) is 0 Å². The molecule has 0 bridgehead atoms. The maximum atomic E-state index is 11.4. The largest absolute Gasteiger partial charge is 0.492 e. The highest BCUT2D eigenvalue weighted by Gasteiger charge is 2.14. The van der Waals surface area contributed by atoms with E-state index in [-0.39, 0.29) is 29.9 Å². The van der Waals surface area contributed by atoms with Gasteiger partial charge < -0.3 is 25.3 Å². The first-order chi connectivity index (χ1) is 13.7. The number of aliphatic imine (C=N–C) groups is 1. The van der Waals surface area contributed by atoms with Crippen LogP contribution in [-0.2, 0) is 24.2 Å². The lowest BCUT2D eigenvalue weighted by Crippen LogP contribution is -2.40. The second-order valence-corrected chi connectivity index (χ2v) is 6.44. The van der Waals surface area contributed by atoms with Gasteiger partial charge in [0.25, 0.3) is 0 Å². The predicted molar refractivity (Wildman–Crippen MR) is 123 cm³/mol. The second-order valence-electron chi connectivity index (χ2n) is 6.44. The van der Waals surface area contributed by atoms with Gasteiger partial charge in [-0.3, -0.25) is 9.79 Å². The van der Waals surface area contributed by atoms with Crippen LogP contribution in [0.2, 0.25) is 0 Å². The van der Waals surface area contributed by atoms with Gasteiger partial charge in [0.05, 0.1) is 6.54 Å². The quantitative estimate of drug-likeness (QED) is 0.214. The first-order valence-electron chi connectivity index (χ1n) is 9.56. The molecule has 158 valence electrons. The summed E-state index contributed by atoms with van der Waals surface area (Å²) >= 11 is 0. The van der Waals surface area contributed by atoms with Crippen LogP contribution in [0.15, 0.2) is 29.5 Å². The lowest BCUT2D eigenvalue weighted by molar-refractivity contribution is -0.116. The van der Waals surface area contributed by atoms with Crippen molar-refractivity contribution in [2.45, 2.75) is 32.7 Å². The molecule has 1 aliphatic heterocycles. The summed E-state index contributed by atoms with van der Waals surface area (Å²) in [5.74, 6) is 2.57. The Hall–Kier alpha value is -2.37. The topological polar surface area (TPSA) is 105 Å². The summed E-state index contributed by atoms with van der Waals surface area (Å²) in [5.41, 5.74) is 1.99. The normalized spacial score (nSPS) is 13.2. The number of halogens is 1. The minimum Gasteiger partial charge on any atom is -0.492 e. The molecule has 0 saturated heterocycles. The SMILES string of the molecule is CCc1nncn1CCNC(=NC)NCCOc1ccc2c(c1)CCC(=O)N2.I. The van der Waals surface area contributed by atoms with Gasteiger partial charge in [0.15, 0.2) is 5.96 Å². The Bertz CT molecular complexity index is 838. The molecule has 2 heterocycles. The Morgan fingerprint density at radius 3 is 2.93 bits per heavy atom. The van der Waals surface area contributed by atoms with Crippen LogP contribution in [-0.4, -0.2) is 53.4 Å². The zero-order valence-electron chi connectivity index (χ0n) is 16.8. The second kappa shape index (κ2) is 11.6. The van der Waals surface area contributed by atoms with Crippen molar-refractivity contribution in [2.75, 3.05) is 32.1 Å². The third kappa shape index (κ3) is 6.58. The first kappa shape index (κ1) is 22.9. The molecule has 0 fully saturated rings. The molecular weight excluding hydrogens is 485 g/mol. The van der Waals surface area contributed by atoms with Crippen LogP contribution < -0.4 is 20.7 Å². The molecule has 1 amide bonds. The van der Waals surface area contributed by atoms with Gasteiger partial charge in [-0.1, -0.05) is 6.92 Å². The molecule has 9 nitrogen and oxygen atoms in total. The van der Waals surface area contributed by atoms with Crippen molar-refractivity contribution in [3.05, 3.63) is 35.9 Å². The van der Waals surface area contributed by atoms with Gasteiger partial charge in [-0.25, -0.2) is 0 Å². The molecule has 1 aromatic heterocycles. The number of carbonyl (C=O) groups excluding carboxylic acids is 1. The number of aryl methyl sites for hydroxylation is 2. The van der Waals surface area contributed by atoms with Crippen molar-refractivity contribution in [1.82, 2.24) is 25.4 Å². The van der Waals surface area contributed by atoms with E-state index in [1.807, 2.05) is 22.8 Å². The van der Waals surface area contributed by atoms with E-state index in [4.69, 9.17) is 4.74 Å². The lowest BCUT2D eigenvalue weighted by atomic mass is 10.0. The fourth-order valence-electron chi connectivity index (χ4n) is 3.04. The Labute approximate surface area is 187 Å². The van der Waals surface area contributed by atoms with Crippen LogP contribution >= 0.6 is 24.0 Å². The molecule has 2 aromatic rings. The summed E-state index contributed by atoms with van der Waals surface area (Å²) in [6, 6.07) is 5.76. The van der Waals surface area contributed by atoms with E-state index < -0.39 is 0 Å². The molecule has 1 aliphatic rings. The summed E-state index contributed by atoms with van der Waals surface area (Å²) in [6.07, 6.45) is 3.88. The van der Waals surface area contributed by atoms with E-state index in [0.29, 0.717) is 19.6 Å². The number of carbonyl (C=O) groups is 1. The molecule has 0 aliphatic carbocycles. The highest BCUT2D eigenvalue weighted by Crippen LogP contribution is 2.26. The summed E-state index contributed by atoms with van der Waals surface area (Å²) in [5, 5.41) is 17.4. The minimum atomic E-state index is 0. The number of rotatable bonds is 8. The summed E-state index contributed by atoms with van der Waals surface area (Å²) < 4.78 is 7.84. The number of hydrogen-bond acceptors (Lipinski definition) is 5. The third-order valence-electron chi connectivity index (χ3n) is 4.52. The number of aromatic nitrogens is 3. The highest BCUT2D eigenvalue weighted by molar-refractivity contribution is 14.0. The fraction of sp³-hybridized carbons (Fsp3) is 0.474. The Morgan fingerprint density at radius 1 is 1.31 bits per heavy atom. The molecule has 0 unspecified atom stereocenters. The molecule has 0 saturated carbocycles. The van der Waals surface area contributed by atoms with E-state index in [2.05, 4.69) is 38.1 Å². The first-order valence-corrected chi connectivity index (χ1v) is 9.56. The average Bonchev–Trinajstić information content (AvgIpc) is 3.17. The smallest absolute Gasteiger partial charge is 0.224 e. The van der Waals surface area contributed by atoms with Gasteiger partial charge in [-0.15, -0.1) is 34.2 Å². The number of anilines is 1. The van der Waals surface area contributed by atoms with Crippen LogP contribution in [0.5, 0.6) is 5.75 Å². The molecule has 3 N–H and O–H groups in total. The number of guanidine groups is 1. The maximum Gasteiger partial charge on any atom is 0.224 e. The third-order valence-corrected chi connectivity index (χ3v) is 4.52. The minimum absolute atomic E-state index is 0. The molecular formula is C19H28IN7O2. The summed E-state index contributed by atoms with van der Waals surface area (Å²) in [7, 11) is 1.74. The standard InChI is InChI=1S/C19H27N7O2.HI/c1-3-17-25-23-13-26(17)10-8-21-19(20-2)22-9-11-28-15-5-6-16-14(12-15)4-7-18(27)24-16;/h5-6,12-13H,3-4,7-11H2,1-2H3,(H,24,27)(H2,20,21,22);1H. The van der Waals surface area contributed by atoms with Crippen molar-refractivity contribution in [1.29, 1.82) is 0 Å². The summed E-state index contributed by atoms with van der Waals surface area (Å²) in [6.45, 7) is 4.70. The van der Waals surface area contributed by atoms with Crippen LogP contribution in [0.1, 0.15) is 24.7 Å². The van der Waals surface area contributed by atoms with Crippen molar-refractivity contribution in [3.8, 4) is 5.75 Å². The van der Waals surface area contributed by atoms with Crippen LogP contribution in [0.4, 0.5) is 5.69 Å². The van der Waals surface area contributed by atoms with Gasteiger partial charge in [0, 0.05) is 38.7 Å². The average molecular weight is 513 g/mol. The monoisotopic (exact) mass is 513 g/mol. The van der Waals surface area contributed by atoms with E-state index in [9.17, 15) is 4.79 Å². The number of benzene rings is 1. The Morgan fingerprint density at radius 2 is 2.14 bits per heavy atom. The van der Waals surface area contributed by atoms with Gasteiger partial charge in [0.2, 0.25) is 5.91 Å². The molecule has 10 heteroatoms. The highest BCUT2D eigenvalue weighted by atomic mass is 127. The predicted octanol–water partition coefficient (Wildman–Crippen LogP) is 1.59. The van der Waals surface area contributed by atoms with Crippen LogP contribution in [0.25, 0.3) is 0 Å². The van der Waals surface area contributed by atoms with Gasteiger partial charge >= 0.3 is 0 Å². The van der Waals surface area contributed by atoms with E-state index in [0.717, 1.165) is 54.7 Å². The molecule has 0 radical (unpaired) electrons. The zero-order valence-corrected chi connectivity index (χ0v) is 19.1. The molecule has 0 spiro atoms. The molecule has 3 rings (SSSR count). The molecule has 29 heavy (non-hydrogen) atoms. The lowest BCUT2D eigenvalue weighted by Gasteiger charge is -2.18. The van der Waals surface area contributed by atoms with Crippen molar-refractivity contribution in [2.24, 2.45) is 4.99 Å². The van der Waals surface area contributed by atoms with Crippen molar-refractivity contribution >= 4 is 41.5 Å². The Kier molecular flexibility index (Phi) is 9.16. The van der Waals surface area contributed by atoms with Crippen LogP contribution in [0.3, 0.4) is 0 Å². The number of nitrogens with zero attached hydrogens (tertiary/aromatic N) is 4. The zero-order chi connectivity index (χ0) is 19.8. The number of fused-ring (bicyclic) bond motifs is 1. The summed E-state index contributed by atoms with van der Waals surface area (Å²) in [4.78, 5) is 15.6. The van der Waals surface area contributed by atoms with E-state index in [1.54, 1.807) is 13.4 Å². The number of amides is 1. The molecule has 0 atom stereocenters. The molecule has 1 aromatic carbocycles. The fourth-order valence-corrected chi connectivity index (χ4v) is 3.04. The number of hydrogen-bond donors (Lipinski definition) is 3. The van der Waals surface area contributed by atoms with Gasteiger partial charge in [-0.05, 0) is 30.2 Å². The number of nitrogens with one attached hydrogen (secondary N) is 3. The van der Waals surface area contributed by atoms with Crippen LogP contribution in [0, 0.1) is 0 Å². The van der Waals surface area contributed by atoms with Crippen molar-refractivity contribution in [3.63, 3.8) is 0 Å². The van der Waals surface area contributed by atoms with E-state index in [1.165, 1.54) is 0 Å². The van der Waals surface area contributed by atoms with Gasteiger partial charge in [0.1, 0.15) is 24.5 Å². The van der Waals surface area contributed by atoms with Crippen molar-refractivity contribution < 1.29 is 9.53 Å². The maximum absolute atomic E-state index is 11.4. The Balaban J connectivity index is 0.00000300.